The maximum absolute atomic E-state index is 13.0. The summed E-state index contributed by atoms with van der Waals surface area (Å²) >= 11 is 0. The van der Waals surface area contributed by atoms with Crippen LogP contribution >= 0.6 is 0 Å². The van der Waals surface area contributed by atoms with Gasteiger partial charge in [0.15, 0.2) is 17.5 Å². The van der Waals surface area contributed by atoms with Crippen molar-refractivity contribution in [1.29, 1.82) is 0 Å². The Bertz CT molecular complexity index is 683. The summed E-state index contributed by atoms with van der Waals surface area (Å²) in [5.74, 6) is -4.95. The van der Waals surface area contributed by atoms with Gasteiger partial charge < -0.3 is 5.11 Å². The van der Waals surface area contributed by atoms with Gasteiger partial charge >= 0.3 is 0 Å². The molecule has 0 aliphatic heterocycles. The summed E-state index contributed by atoms with van der Waals surface area (Å²) in [4.78, 5) is 11.8. The summed E-state index contributed by atoms with van der Waals surface area (Å²) in [5.41, 5.74) is 3.45. The zero-order valence-electron chi connectivity index (χ0n) is 12.2. The molecule has 122 valence electrons. The topological polar surface area (TPSA) is 61.4 Å². The minimum Gasteiger partial charge on any atom is -0.385 e. The number of halogens is 3. The number of hydrogen-bond donors (Lipinski definition) is 3. The second kappa shape index (κ2) is 6.70. The van der Waals surface area contributed by atoms with Gasteiger partial charge in [-0.15, -0.1) is 0 Å². The van der Waals surface area contributed by atoms with E-state index in [1.165, 1.54) is 6.92 Å². The molecule has 2 aromatic rings. The number of benzene rings is 2. The standard InChI is InChI=1S/C16H15F3N2O2/c1-16(23,10-5-3-2-4-6-10)9-14(22)21-20-11-7-12(17)15(19)13(18)8-11/h2-8,20,23H,9H2,1H3,(H,21,22). The van der Waals surface area contributed by atoms with E-state index in [1.807, 2.05) is 0 Å². The minimum absolute atomic E-state index is 0.158. The number of aliphatic hydroxyl groups is 1. The van der Waals surface area contributed by atoms with E-state index in [2.05, 4.69) is 10.9 Å². The van der Waals surface area contributed by atoms with Crippen molar-refractivity contribution >= 4 is 11.6 Å². The highest BCUT2D eigenvalue weighted by Gasteiger charge is 2.26. The first-order chi connectivity index (χ1) is 10.8. The molecule has 0 saturated carbocycles. The van der Waals surface area contributed by atoms with Gasteiger partial charge in [-0.1, -0.05) is 30.3 Å². The van der Waals surface area contributed by atoms with Crippen molar-refractivity contribution in [2.75, 3.05) is 5.43 Å². The lowest BCUT2D eigenvalue weighted by atomic mass is 9.92. The molecule has 4 nitrogen and oxygen atoms in total. The predicted molar refractivity (Wildman–Crippen MR) is 78.7 cm³/mol. The molecular formula is C16H15F3N2O2. The van der Waals surface area contributed by atoms with E-state index < -0.39 is 29.0 Å². The average Bonchev–Trinajstić information content (AvgIpc) is 2.51. The lowest BCUT2D eigenvalue weighted by Crippen LogP contribution is -2.35. The monoisotopic (exact) mass is 324 g/mol. The molecule has 0 bridgehead atoms. The van der Waals surface area contributed by atoms with E-state index in [0.717, 1.165) is 0 Å². The Morgan fingerprint density at radius 2 is 1.70 bits per heavy atom. The zero-order chi connectivity index (χ0) is 17.0. The predicted octanol–water partition coefficient (Wildman–Crippen LogP) is 2.84. The lowest BCUT2D eigenvalue weighted by Gasteiger charge is -2.23. The van der Waals surface area contributed by atoms with Crippen LogP contribution in [0.1, 0.15) is 18.9 Å². The number of rotatable bonds is 5. The van der Waals surface area contributed by atoms with Crippen LogP contribution in [-0.2, 0) is 10.4 Å². The van der Waals surface area contributed by atoms with Crippen LogP contribution in [0.15, 0.2) is 42.5 Å². The van der Waals surface area contributed by atoms with E-state index in [1.54, 1.807) is 30.3 Å². The summed E-state index contributed by atoms with van der Waals surface area (Å²) in [6.07, 6.45) is -0.282. The molecule has 1 unspecified atom stereocenters. The third-order valence-corrected chi connectivity index (χ3v) is 3.23. The molecule has 2 rings (SSSR count). The normalized spacial score (nSPS) is 13.3. The Kier molecular flexibility index (Phi) is 4.90. The fourth-order valence-corrected chi connectivity index (χ4v) is 2.03. The summed E-state index contributed by atoms with van der Waals surface area (Å²) < 4.78 is 38.9. The maximum Gasteiger partial charge on any atom is 0.241 e. The van der Waals surface area contributed by atoms with Crippen LogP contribution in [0.3, 0.4) is 0 Å². The SMILES string of the molecule is CC(O)(CC(=O)NNc1cc(F)c(F)c(F)c1)c1ccccc1. The van der Waals surface area contributed by atoms with Crippen LogP contribution in [0.25, 0.3) is 0 Å². The van der Waals surface area contributed by atoms with Crippen LogP contribution in [0.2, 0.25) is 0 Å². The van der Waals surface area contributed by atoms with E-state index in [-0.39, 0.29) is 12.1 Å². The van der Waals surface area contributed by atoms with E-state index in [9.17, 15) is 23.1 Å². The minimum atomic E-state index is -1.59. The van der Waals surface area contributed by atoms with Gasteiger partial charge in [0.25, 0.3) is 0 Å². The molecule has 1 atom stereocenters. The summed E-state index contributed by atoms with van der Waals surface area (Å²) in [6, 6.07) is 9.98. The first kappa shape index (κ1) is 16.8. The van der Waals surface area contributed by atoms with Crippen LogP contribution in [0.5, 0.6) is 0 Å². The Labute approximate surface area is 130 Å². The second-order valence-electron chi connectivity index (χ2n) is 5.24. The quantitative estimate of drug-likeness (QED) is 0.585. The van der Waals surface area contributed by atoms with Gasteiger partial charge in [0.05, 0.1) is 17.7 Å². The highest BCUT2D eigenvalue weighted by molar-refractivity contribution is 5.78. The third-order valence-electron chi connectivity index (χ3n) is 3.23. The Morgan fingerprint density at radius 1 is 1.13 bits per heavy atom. The number of hydrazine groups is 1. The van der Waals surface area contributed by atoms with Crippen molar-refractivity contribution in [1.82, 2.24) is 5.43 Å². The summed E-state index contributed by atoms with van der Waals surface area (Å²) in [6.45, 7) is 1.47. The number of carbonyl (C=O) groups is 1. The molecule has 0 aliphatic rings. The molecule has 0 spiro atoms. The van der Waals surface area contributed by atoms with Crippen LogP contribution in [0, 0.1) is 17.5 Å². The largest absolute Gasteiger partial charge is 0.385 e. The zero-order valence-corrected chi connectivity index (χ0v) is 12.2. The highest BCUT2D eigenvalue weighted by atomic mass is 19.2. The van der Waals surface area contributed by atoms with E-state index in [4.69, 9.17) is 0 Å². The van der Waals surface area contributed by atoms with Crippen LogP contribution in [-0.4, -0.2) is 11.0 Å². The van der Waals surface area contributed by atoms with E-state index in [0.29, 0.717) is 17.7 Å². The molecule has 0 radical (unpaired) electrons. The molecule has 0 saturated heterocycles. The fourth-order valence-electron chi connectivity index (χ4n) is 2.03. The van der Waals surface area contributed by atoms with Gasteiger partial charge in [0, 0.05) is 12.1 Å². The van der Waals surface area contributed by atoms with Gasteiger partial charge in [-0.05, 0) is 12.5 Å². The first-order valence-corrected chi connectivity index (χ1v) is 6.77. The number of carbonyl (C=O) groups excluding carboxylic acids is 1. The molecule has 3 N–H and O–H groups in total. The van der Waals surface area contributed by atoms with Gasteiger partial charge in [-0.2, -0.15) is 0 Å². The molecule has 7 heteroatoms. The van der Waals surface area contributed by atoms with Gasteiger partial charge in [-0.25, -0.2) is 13.2 Å². The lowest BCUT2D eigenvalue weighted by molar-refractivity contribution is -0.125. The van der Waals surface area contributed by atoms with Gasteiger partial charge in [0.2, 0.25) is 5.91 Å². The summed E-state index contributed by atoms with van der Waals surface area (Å²) in [7, 11) is 0. The van der Waals surface area contributed by atoms with Gasteiger partial charge in [-0.3, -0.25) is 15.6 Å². The van der Waals surface area contributed by atoms with Crippen LogP contribution in [0.4, 0.5) is 18.9 Å². The molecular weight excluding hydrogens is 309 g/mol. The smallest absolute Gasteiger partial charge is 0.241 e. The first-order valence-electron chi connectivity index (χ1n) is 6.77. The molecule has 0 aromatic heterocycles. The van der Waals surface area contributed by atoms with Crippen molar-refractivity contribution in [3.05, 3.63) is 65.5 Å². The fraction of sp³-hybridized carbons (Fsp3) is 0.188. The third kappa shape index (κ3) is 4.23. The number of nitrogens with one attached hydrogen (secondary N) is 2. The van der Waals surface area contributed by atoms with Crippen molar-refractivity contribution in [2.24, 2.45) is 0 Å². The van der Waals surface area contributed by atoms with Crippen molar-refractivity contribution in [3.63, 3.8) is 0 Å². The maximum atomic E-state index is 13.0. The molecule has 1 amide bonds. The Balaban J connectivity index is 1.98. The van der Waals surface area contributed by atoms with E-state index >= 15 is 0 Å². The average molecular weight is 324 g/mol. The number of amides is 1. The molecule has 0 fully saturated rings. The molecule has 0 aliphatic carbocycles. The number of anilines is 1. The van der Waals surface area contributed by atoms with Crippen molar-refractivity contribution in [2.45, 2.75) is 18.9 Å². The molecule has 0 heterocycles. The van der Waals surface area contributed by atoms with Crippen molar-refractivity contribution < 1.29 is 23.1 Å². The number of hydrogen-bond acceptors (Lipinski definition) is 3. The van der Waals surface area contributed by atoms with Crippen molar-refractivity contribution in [3.8, 4) is 0 Å². The molecule has 23 heavy (non-hydrogen) atoms. The molecule has 2 aromatic carbocycles. The Morgan fingerprint density at radius 3 is 2.26 bits per heavy atom. The second-order valence-corrected chi connectivity index (χ2v) is 5.24. The highest BCUT2D eigenvalue weighted by Crippen LogP contribution is 2.24. The van der Waals surface area contributed by atoms with Gasteiger partial charge in [0.1, 0.15) is 0 Å². The summed E-state index contributed by atoms with van der Waals surface area (Å²) in [5, 5.41) is 10.3. The van der Waals surface area contributed by atoms with Crippen LogP contribution < -0.4 is 10.9 Å². The Hall–Kier alpha value is -2.54.